The van der Waals surface area contributed by atoms with Crippen LogP contribution in [0.1, 0.15) is 18.4 Å². The van der Waals surface area contributed by atoms with E-state index in [0.717, 1.165) is 12.0 Å². The largest absolute Gasteiger partial charge is 0.481 e. The van der Waals surface area contributed by atoms with Crippen LogP contribution in [0.5, 0.6) is 0 Å². The Morgan fingerprint density at radius 3 is 2.30 bits per heavy atom. The first-order valence-corrected chi connectivity index (χ1v) is 6.37. The summed E-state index contributed by atoms with van der Waals surface area (Å²) in [7, 11) is 0. The molecule has 0 radical (unpaired) electrons. The highest BCUT2D eigenvalue weighted by Gasteiger charge is 2.07. The van der Waals surface area contributed by atoms with Gasteiger partial charge in [-0.1, -0.05) is 30.3 Å². The number of hydrogen-bond acceptors (Lipinski definition) is 3. The minimum Gasteiger partial charge on any atom is -0.481 e. The van der Waals surface area contributed by atoms with E-state index in [9.17, 15) is 14.4 Å². The molecule has 0 aliphatic carbocycles. The third-order valence-electron chi connectivity index (χ3n) is 2.59. The highest BCUT2D eigenvalue weighted by Crippen LogP contribution is 1.97. The molecule has 0 spiro atoms. The average Bonchev–Trinajstić information content (AvgIpc) is 2.44. The van der Waals surface area contributed by atoms with Crippen LogP contribution in [-0.2, 0) is 20.8 Å². The van der Waals surface area contributed by atoms with Gasteiger partial charge in [0.05, 0.1) is 13.0 Å². The summed E-state index contributed by atoms with van der Waals surface area (Å²) in [6.07, 6.45) is 0.369. The fraction of sp³-hybridized carbons (Fsp3) is 0.357. The third kappa shape index (κ3) is 7.15. The zero-order valence-electron chi connectivity index (χ0n) is 11.1. The van der Waals surface area contributed by atoms with Gasteiger partial charge in [0.15, 0.2) is 0 Å². The zero-order valence-corrected chi connectivity index (χ0v) is 11.1. The second-order valence-electron chi connectivity index (χ2n) is 4.26. The monoisotopic (exact) mass is 278 g/mol. The highest BCUT2D eigenvalue weighted by atomic mass is 16.4. The van der Waals surface area contributed by atoms with Crippen molar-refractivity contribution in [3.63, 3.8) is 0 Å². The van der Waals surface area contributed by atoms with Gasteiger partial charge in [-0.05, 0) is 12.0 Å². The smallest absolute Gasteiger partial charge is 0.303 e. The van der Waals surface area contributed by atoms with Crippen LogP contribution in [0.4, 0.5) is 0 Å². The Balaban J connectivity index is 2.11. The molecule has 6 heteroatoms. The summed E-state index contributed by atoms with van der Waals surface area (Å²) >= 11 is 0. The molecule has 0 aromatic heterocycles. The van der Waals surface area contributed by atoms with Gasteiger partial charge in [-0.2, -0.15) is 0 Å². The van der Waals surface area contributed by atoms with E-state index >= 15 is 0 Å². The maximum Gasteiger partial charge on any atom is 0.303 e. The van der Waals surface area contributed by atoms with E-state index in [1.807, 2.05) is 30.3 Å². The molecule has 3 N–H and O–H groups in total. The average molecular weight is 278 g/mol. The van der Waals surface area contributed by atoms with Gasteiger partial charge in [-0.15, -0.1) is 0 Å². The number of benzene rings is 1. The zero-order chi connectivity index (χ0) is 14.8. The molecule has 0 bridgehead atoms. The molecule has 0 saturated carbocycles. The maximum absolute atomic E-state index is 11.4. The summed E-state index contributed by atoms with van der Waals surface area (Å²) in [4.78, 5) is 32.9. The standard InChI is InChI=1S/C14H18N2O4/c17-12(6-7-14(19)20)16-10-13(18)15-9-8-11-4-2-1-3-5-11/h1-5H,6-10H2,(H,15,18)(H,16,17)(H,19,20). The van der Waals surface area contributed by atoms with E-state index in [1.54, 1.807) is 0 Å². The molecular formula is C14H18N2O4. The fourth-order valence-corrected chi connectivity index (χ4v) is 1.54. The number of hydrogen-bond donors (Lipinski definition) is 3. The van der Waals surface area contributed by atoms with Crippen molar-refractivity contribution in [1.82, 2.24) is 10.6 Å². The molecule has 6 nitrogen and oxygen atoms in total. The van der Waals surface area contributed by atoms with Crippen molar-refractivity contribution in [2.24, 2.45) is 0 Å². The molecule has 0 fully saturated rings. The van der Waals surface area contributed by atoms with Crippen LogP contribution in [0.3, 0.4) is 0 Å². The number of amides is 2. The number of aliphatic carboxylic acids is 1. The van der Waals surface area contributed by atoms with E-state index in [0.29, 0.717) is 6.54 Å². The lowest BCUT2D eigenvalue weighted by Gasteiger charge is -2.06. The predicted molar refractivity (Wildman–Crippen MR) is 73.0 cm³/mol. The van der Waals surface area contributed by atoms with Crippen LogP contribution < -0.4 is 10.6 Å². The van der Waals surface area contributed by atoms with Gasteiger partial charge < -0.3 is 15.7 Å². The molecule has 0 aliphatic rings. The van der Waals surface area contributed by atoms with Crippen molar-refractivity contribution < 1.29 is 19.5 Å². The quantitative estimate of drug-likeness (QED) is 0.638. The summed E-state index contributed by atoms with van der Waals surface area (Å²) in [5.41, 5.74) is 1.12. The third-order valence-corrected chi connectivity index (χ3v) is 2.59. The van der Waals surface area contributed by atoms with Crippen LogP contribution >= 0.6 is 0 Å². The van der Waals surface area contributed by atoms with E-state index in [2.05, 4.69) is 10.6 Å². The Morgan fingerprint density at radius 1 is 0.950 bits per heavy atom. The number of carbonyl (C=O) groups excluding carboxylic acids is 2. The number of carbonyl (C=O) groups is 3. The van der Waals surface area contributed by atoms with Crippen LogP contribution in [0, 0.1) is 0 Å². The van der Waals surface area contributed by atoms with Crippen molar-refractivity contribution in [3.8, 4) is 0 Å². The number of nitrogens with one attached hydrogen (secondary N) is 2. The molecular weight excluding hydrogens is 260 g/mol. The fourth-order valence-electron chi connectivity index (χ4n) is 1.54. The Labute approximate surface area is 117 Å². The molecule has 0 atom stereocenters. The van der Waals surface area contributed by atoms with Crippen molar-refractivity contribution in [3.05, 3.63) is 35.9 Å². The van der Waals surface area contributed by atoms with Gasteiger partial charge in [0.1, 0.15) is 0 Å². The van der Waals surface area contributed by atoms with Gasteiger partial charge >= 0.3 is 5.97 Å². The van der Waals surface area contributed by atoms with Crippen LogP contribution in [-0.4, -0.2) is 36.0 Å². The molecule has 20 heavy (non-hydrogen) atoms. The number of carboxylic acid groups (broad SMARTS) is 1. The molecule has 0 unspecified atom stereocenters. The number of rotatable bonds is 8. The summed E-state index contributed by atoms with van der Waals surface area (Å²) in [6.45, 7) is 0.362. The molecule has 2 amide bonds. The van der Waals surface area contributed by atoms with Gasteiger partial charge in [0.2, 0.25) is 11.8 Å². The minimum atomic E-state index is -1.03. The van der Waals surface area contributed by atoms with Crippen molar-refractivity contribution in [1.29, 1.82) is 0 Å². The lowest BCUT2D eigenvalue weighted by atomic mass is 10.1. The van der Waals surface area contributed by atoms with E-state index in [-0.39, 0.29) is 25.3 Å². The van der Waals surface area contributed by atoms with E-state index in [4.69, 9.17) is 5.11 Å². The van der Waals surface area contributed by atoms with Crippen molar-refractivity contribution in [2.75, 3.05) is 13.1 Å². The lowest BCUT2D eigenvalue weighted by Crippen LogP contribution is -2.37. The van der Waals surface area contributed by atoms with Crippen LogP contribution in [0.25, 0.3) is 0 Å². The Kier molecular flexibility index (Phi) is 6.81. The predicted octanol–water partition coefficient (Wildman–Crippen LogP) is 0.326. The topological polar surface area (TPSA) is 95.5 Å². The van der Waals surface area contributed by atoms with Crippen molar-refractivity contribution in [2.45, 2.75) is 19.3 Å². The SMILES string of the molecule is O=C(O)CCC(=O)NCC(=O)NCCc1ccccc1. The summed E-state index contributed by atoms with van der Waals surface area (Å²) < 4.78 is 0. The van der Waals surface area contributed by atoms with Gasteiger partial charge in [0, 0.05) is 13.0 Å². The molecule has 0 saturated heterocycles. The van der Waals surface area contributed by atoms with Gasteiger partial charge in [0.25, 0.3) is 0 Å². The first kappa shape index (κ1) is 15.7. The second-order valence-corrected chi connectivity index (χ2v) is 4.26. The molecule has 108 valence electrons. The lowest BCUT2D eigenvalue weighted by molar-refractivity contribution is -0.138. The molecule has 1 rings (SSSR count). The summed E-state index contributed by atoms with van der Waals surface area (Å²) in [6, 6.07) is 9.73. The number of carboxylic acids is 1. The second kappa shape index (κ2) is 8.68. The maximum atomic E-state index is 11.4. The summed E-state index contributed by atoms with van der Waals surface area (Å²) in [5.74, 6) is -1.76. The van der Waals surface area contributed by atoms with Crippen LogP contribution in [0.2, 0.25) is 0 Å². The minimum absolute atomic E-state index is 0.118. The normalized spacial score (nSPS) is 9.80. The molecule has 0 aliphatic heterocycles. The molecule has 1 aromatic carbocycles. The molecule has 1 aromatic rings. The highest BCUT2D eigenvalue weighted by molar-refractivity contribution is 5.86. The van der Waals surface area contributed by atoms with E-state index in [1.165, 1.54) is 0 Å². The summed E-state index contributed by atoms with van der Waals surface area (Å²) in [5, 5.41) is 13.5. The Morgan fingerprint density at radius 2 is 1.65 bits per heavy atom. The first-order valence-electron chi connectivity index (χ1n) is 6.37. The van der Waals surface area contributed by atoms with Gasteiger partial charge in [-0.25, -0.2) is 0 Å². The van der Waals surface area contributed by atoms with Gasteiger partial charge in [-0.3, -0.25) is 14.4 Å². The molecule has 0 heterocycles. The first-order chi connectivity index (χ1) is 9.58. The van der Waals surface area contributed by atoms with Crippen molar-refractivity contribution >= 4 is 17.8 Å². The van der Waals surface area contributed by atoms with E-state index < -0.39 is 11.9 Å². The van der Waals surface area contributed by atoms with Crippen LogP contribution in [0.15, 0.2) is 30.3 Å². The Bertz CT molecular complexity index is 460. The Hall–Kier alpha value is -2.37.